The second kappa shape index (κ2) is 5.99. The van der Waals surface area contributed by atoms with Gasteiger partial charge in [-0.3, -0.25) is 4.79 Å². The molecular weight excluding hydrogens is 281 g/mol. The first-order chi connectivity index (χ1) is 10.5. The number of amides is 1. The molecule has 1 aromatic rings. The van der Waals surface area contributed by atoms with Gasteiger partial charge >= 0.3 is 0 Å². The van der Waals surface area contributed by atoms with Crippen molar-refractivity contribution in [2.75, 3.05) is 6.54 Å². The molecule has 2 atom stereocenters. The Kier molecular flexibility index (Phi) is 4.22. The molecule has 1 saturated carbocycles. The van der Waals surface area contributed by atoms with Gasteiger partial charge in [-0.1, -0.05) is 25.0 Å². The summed E-state index contributed by atoms with van der Waals surface area (Å²) >= 11 is 0. The van der Waals surface area contributed by atoms with E-state index in [2.05, 4.69) is 6.92 Å². The van der Waals surface area contributed by atoms with Gasteiger partial charge in [-0.15, -0.1) is 0 Å². The fourth-order valence-electron chi connectivity index (χ4n) is 3.95. The molecule has 0 radical (unpaired) electrons. The first-order valence-corrected chi connectivity index (χ1v) is 8.24. The smallest absolute Gasteiger partial charge is 0.225 e. The van der Waals surface area contributed by atoms with Crippen LogP contribution in [-0.2, 0) is 4.79 Å². The van der Waals surface area contributed by atoms with Crippen molar-refractivity contribution in [2.24, 2.45) is 0 Å². The monoisotopic (exact) mass is 305 g/mol. The third-order valence-electron chi connectivity index (χ3n) is 5.25. The molecule has 1 N–H and O–H groups in total. The van der Waals surface area contributed by atoms with E-state index in [4.69, 9.17) is 0 Å². The summed E-state index contributed by atoms with van der Waals surface area (Å²) in [5.41, 5.74) is 0.299. The maximum absolute atomic E-state index is 13.0. The minimum atomic E-state index is -0.787. The van der Waals surface area contributed by atoms with Crippen LogP contribution in [-0.4, -0.2) is 34.1 Å². The highest BCUT2D eigenvalue weighted by molar-refractivity contribution is 5.78. The number of carbonyl (C=O) groups is 1. The summed E-state index contributed by atoms with van der Waals surface area (Å²) in [4.78, 5) is 14.4. The number of hydrogen-bond acceptors (Lipinski definition) is 2. The van der Waals surface area contributed by atoms with E-state index in [0.717, 1.165) is 37.7 Å². The van der Waals surface area contributed by atoms with Gasteiger partial charge in [-0.05, 0) is 43.9 Å². The average molecular weight is 305 g/mol. The van der Waals surface area contributed by atoms with Crippen molar-refractivity contribution in [1.82, 2.24) is 4.90 Å². The maximum Gasteiger partial charge on any atom is 0.225 e. The van der Waals surface area contributed by atoms with E-state index in [1.807, 2.05) is 17.0 Å². The predicted octanol–water partition coefficient (Wildman–Crippen LogP) is 3.23. The largest absolute Gasteiger partial charge is 0.389 e. The lowest BCUT2D eigenvalue weighted by atomic mass is 9.97. The van der Waals surface area contributed by atoms with Gasteiger partial charge in [0.25, 0.3) is 0 Å². The molecular formula is C18H24FNO2. The molecule has 1 aliphatic carbocycles. The standard InChI is InChI=1S/C18H24FNO2/c1-13-10-15(14-4-6-16(19)7-5-14)12-20(13)17(21)11-18(22)8-2-3-9-18/h4-7,13,15,22H,2-3,8-12H2,1H3. The molecule has 120 valence electrons. The quantitative estimate of drug-likeness (QED) is 0.931. The van der Waals surface area contributed by atoms with Crippen molar-refractivity contribution < 1.29 is 14.3 Å². The highest BCUT2D eigenvalue weighted by Crippen LogP contribution is 2.36. The molecule has 4 heteroatoms. The summed E-state index contributed by atoms with van der Waals surface area (Å²) in [7, 11) is 0. The summed E-state index contributed by atoms with van der Waals surface area (Å²) in [6.45, 7) is 2.72. The zero-order valence-corrected chi connectivity index (χ0v) is 13.1. The molecule has 1 saturated heterocycles. The topological polar surface area (TPSA) is 40.5 Å². The zero-order valence-electron chi connectivity index (χ0n) is 13.1. The van der Waals surface area contributed by atoms with Gasteiger partial charge in [-0.2, -0.15) is 0 Å². The third-order valence-corrected chi connectivity index (χ3v) is 5.25. The fourth-order valence-corrected chi connectivity index (χ4v) is 3.95. The molecule has 1 aromatic carbocycles. The minimum Gasteiger partial charge on any atom is -0.389 e. The van der Waals surface area contributed by atoms with Crippen molar-refractivity contribution in [2.45, 2.75) is 63.0 Å². The molecule has 22 heavy (non-hydrogen) atoms. The van der Waals surface area contributed by atoms with Gasteiger partial charge in [0.2, 0.25) is 5.91 Å². The maximum atomic E-state index is 13.0. The molecule has 2 unspecified atom stereocenters. The van der Waals surface area contributed by atoms with Crippen LogP contribution in [0.15, 0.2) is 24.3 Å². The number of benzene rings is 1. The summed E-state index contributed by atoms with van der Waals surface area (Å²) in [5, 5.41) is 10.4. The van der Waals surface area contributed by atoms with E-state index < -0.39 is 5.60 Å². The highest BCUT2D eigenvalue weighted by atomic mass is 19.1. The lowest BCUT2D eigenvalue weighted by molar-refractivity contribution is -0.136. The van der Waals surface area contributed by atoms with Crippen LogP contribution in [0.5, 0.6) is 0 Å². The summed E-state index contributed by atoms with van der Waals surface area (Å²) in [5.74, 6) is 0.0884. The Hall–Kier alpha value is -1.42. The molecule has 1 aliphatic heterocycles. The van der Waals surface area contributed by atoms with Crippen molar-refractivity contribution in [3.8, 4) is 0 Å². The summed E-state index contributed by atoms with van der Waals surface area (Å²) in [6.07, 6.45) is 4.64. The highest BCUT2D eigenvalue weighted by Gasteiger charge is 2.39. The van der Waals surface area contributed by atoms with Crippen molar-refractivity contribution in [1.29, 1.82) is 0 Å². The van der Waals surface area contributed by atoms with E-state index in [-0.39, 0.29) is 30.1 Å². The van der Waals surface area contributed by atoms with Crippen LogP contribution in [0.25, 0.3) is 0 Å². The molecule has 3 rings (SSSR count). The number of rotatable bonds is 3. The fraction of sp³-hybridized carbons (Fsp3) is 0.611. The second-order valence-corrected chi connectivity index (χ2v) is 6.99. The third kappa shape index (κ3) is 3.17. The van der Waals surface area contributed by atoms with Crippen LogP contribution in [0.3, 0.4) is 0 Å². The van der Waals surface area contributed by atoms with Gasteiger partial charge in [0, 0.05) is 18.5 Å². The molecule has 2 fully saturated rings. The summed E-state index contributed by atoms with van der Waals surface area (Å²) in [6, 6.07) is 6.75. The Balaban J connectivity index is 1.65. The van der Waals surface area contributed by atoms with Crippen molar-refractivity contribution in [3.05, 3.63) is 35.6 Å². The van der Waals surface area contributed by atoms with Gasteiger partial charge in [0.05, 0.1) is 12.0 Å². The van der Waals surface area contributed by atoms with Crippen molar-refractivity contribution in [3.63, 3.8) is 0 Å². The Bertz CT molecular complexity index is 537. The Morgan fingerprint density at radius 3 is 2.59 bits per heavy atom. The normalized spacial score (nSPS) is 27.3. The number of aliphatic hydroxyl groups is 1. The van der Waals surface area contributed by atoms with Crippen LogP contribution in [0.2, 0.25) is 0 Å². The van der Waals surface area contributed by atoms with Crippen LogP contribution in [0.1, 0.15) is 56.9 Å². The molecule has 0 aromatic heterocycles. The average Bonchev–Trinajstić information content (AvgIpc) is 3.06. The van der Waals surface area contributed by atoms with Crippen LogP contribution in [0.4, 0.5) is 4.39 Å². The van der Waals surface area contributed by atoms with E-state index >= 15 is 0 Å². The van der Waals surface area contributed by atoms with E-state index in [9.17, 15) is 14.3 Å². The first-order valence-electron chi connectivity index (χ1n) is 8.24. The van der Waals surface area contributed by atoms with E-state index in [0.29, 0.717) is 6.54 Å². The lowest BCUT2D eigenvalue weighted by Crippen LogP contribution is -2.39. The number of halogens is 1. The Labute approximate surface area is 131 Å². The molecule has 0 bridgehead atoms. The van der Waals surface area contributed by atoms with E-state index in [1.165, 1.54) is 12.1 Å². The molecule has 1 heterocycles. The predicted molar refractivity (Wildman–Crippen MR) is 83.0 cm³/mol. The van der Waals surface area contributed by atoms with Crippen LogP contribution >= 0.6 is 0 Å². The Morgan fingerprint density at radius 1 is 1.32 bits per heavy atom. The summed E-state index contributed by atoms with van der Waals surface area (Å²) < 4.78 is 13.0. The second-order valence-electron chi connectivity index (χ2n) is 6.99. The van der Waals surface area contributed by atoms with Gasteiger partial charge in [0.1, 0.15) is 5.82 Å². The van der Waals surface area contributed by atoms with Gasteiger partial charge in [-0.25, -0.2) is 4.39 Å². The SMILES string of the molecule is CC1CC(c2ccc(F)cc2)CN1C(=O)CC1(O)CCCC1. The zero-order chi connectivity index (χ0) is 15.7. The number of nitrogens with zero attached hydrogens (tertiary/aromatic N) is 1. The van der Waals surface area contributed by atoms with Crippen LogP contribution < -0.4 is 0 Å². The minimum absolute atomic E-state index is 0.0570. The van der Waals surface area contributed by atoms with Gasteiger partial charge in [0.15, 0.2) is 0 Å². The lowest BCUT2D eigenvalue weighted by Gasteiger charge is -2.27. The molecule has 1 amide bonds. The van der Waals surface area contributed by atoms with E-state index in [1.54, 1.807) is 0 Å². The molecule has 2 aliphatic rings. The first kappa shape index (κ1) is 15.5. The van der Waals surface area contributed by atoms with Gasteiger partial charge < -0.3 is 10.0 Å². The van der Waals surface area contributed by atoms with Crippen molar-refractivity contribution >= 4 is 5.91 Å². The van der Waals surface area contributed by atoms with Crippen LogP contribution in [0, 0.1) is 5.82 Å². The number of carbonyl (C=O) groups excluding carboxylic acids is 1. The molecule has 0 spiro atoms. The number of hydrogen-bond donors (Lipinski definition) is 1. The number of likely N-dealkylation sites (tertiary alicyclic amines) is 1. The Morgan fingerprint density at radius 2 is 1.95 bits per heavy atom. The molecule has 3 nitrogen and oxygen atoms in total.